The molecule has 41 heavy (non-hydrogen) atoms. The Balaban J connectivity index is 1.03. The molecule has 4 heterocycles. The third kappa shape index (κ3) is 5.56. The number of amides is 3. The molecule has 1 aromatic heterocycles. The molecule has 212 valence electrons. The number of carbonyl (C=O) groups is 3. The monoisotopic (exact) mass is 569 g/mol. The minimum Gasteiger partial charge on any atom is -0.371 e. The molecule has 3 aliphatic rings. The number of rotatable bonds is 7. The molecule has 8 nitrogen and oxygen atoms in total. The summed E-state index contributed by atoms with van der Waals surface area (Å²) >= 11 is 1.44. The first kappa shape index (κ1) is 27.4. The molecule has 0 radical (unpaired) electrons. The SMILES string of the molecule is CC(c1nccs1)N1C(=O)c2cccc(N3CCC(C(=O)N4CCN(C/C=C/c5ccccc5)CC4)CC3)c2C1=O. The second kappa shape index (κ2) is 12.0. The lowest BCUT2D eigenvalue weighted by molar-refractivity contribution is -0.137. The lowest BCUT2D eigenvalue weighted by Gasteiger charge is -2.39. The number of fused-ring (bicyclic) bond motifs is 1. The Morgan fingerprint density at radius 1 is 0.976 bits per heavy atom. The van der Waals surface area contributed by atoms with Gasteiger partial charge in [0.15, 0.2) is 0 Å². The second-order valence-corrected chi connectivity index (χ2v) is 11.9. The van der Waals surface area contributed by atoms with Crippen LogP contribution in [0.2, 0.25) is 0 Å². The van der Waals surface area contributed by atoms with Gasteiger partial charge < -0.3 is 9.80 Å². The second-order valence-electron chi connectivity index (χ2n) is 10.9. The number of carbonyl (C=O) groups excluding carboxylic acids is 3. The van der Waals surface area contributed by atoms with E-state index < -0.39 is 6.04 Å². The van der Waals surface area contributed by atoms with E-state index in [2.05, 4.69) is 39.1 Å². The van der Waals surface area contributed by atoms with Crippen LogP contribution in [0, 0.1) is 5.92 Å². The predicted molar refractivity (Wildman–Crippen MR) is 161 cm³/mol. The van der Waals surface area contributed by atoms with Gasteiger partial charge in [-0.2, -0.15) is 0 Å². The van der Waals surface area contributed by atoms with Crippen molar-refractivity contribution in [3.05, 3.63) is 87.9 Å². The molecule has 0 saturated carbocycles. The first-order chi connectivity index (χ1) is 20.0. The molecule has 1 unspecified atom stereocenters. The number of benzene rings is 2. The average molecular weight is 570 g/mol. The molecule has 0 spiro atoms. The molecule has 1 atom stereocenters. The van der Waals surface area contributed by atoms with Crippen LogP contribution in [-0.2, 0) is 4.79 Å². The Bertz CT molecular complexity index is 1420. The van der Waals surface area contributed by atoms with Crippen LogP contribution in [0.25, 0.3) is 6.08 Å². The van der Waals surface area contributed by atoms with E-state index in [-0.39, 0.29) is 23.6 Å². The van der Waals surface area contributed by atoms with Gasteiger partial charge in [0.2, 0.25) is 5.91 Å². The van der Waals surface area contributed by atoms with Crippen molar-refractivity contribution in [2.45, 2.75) is 25.8 Å². The van der Waals surface area contributed by atoms with Crippen LogP contribution < -0.4 is 4.90 Å². The Morgan fingerprint density at radius 2 is 1.73 bits per heavy atom. The zero-order valence-corrected chi connectivity index (χ0v) is 24.1. The van der Waals surface area contributed by atoms with E-state index in [0.717, 1.165) is 56.3 Å². The fraction of sp³-hybridized carbons (Fsp3) is 0.375. The number of aromatic nitrogens is 1. The molecule has 2 fully saturated rings. The Morgan fingerprint density at radius 3 is 2.44 bits per heavy atom. The lowest BCUT2D eigenvalue weighted by atomic mass is 9.93. The van der Waals surface area contributed by atoms with Crippen LogP contribution >= 0.6 is 11.3 Å². The van der Waals surface area contributed by atoms with Crippen molar-refractivity contribution >= 4 is 40.8 Å². The highest BCUT2D eigenvalue weighted by Crippen LogP contribution is 2.38. The van der Waals surface area contributed by atoms with Crippen LogP contribution in [0.3, 0.4) is 0 Å². The lowest BCUT2D eigenvalue weighted by Crippen LogP contribution is -2.51. The number of hydrogen-bond acceptors (Lipinski definition) is 7. The summed E-state index contributed by atoms with van der Waals surface area (Å²) < 4.78 is 0. The van der Waals surface area contributed by atoms with E-state index in [0.29, 0.717) is 24.2 Å². The van der Waals surface area contributed by atoms with Gasteiger partial charge in [0.1, 0.15) is 5.01 Å². The average Bonchev–Trinajstić information content (AvgIpc) is 3.65. The molecule has 2 aromatic carbocycles. The summed E-state index contributed by atoms with van der Waals surface area (Å²) in [7, 11) is 0. The molecule has 0 bridgehead atoms. The van der Waals surface area contributed by atoms with Crippen LogP contribution in [0.15, 0.2) is 66.2 Å². The van der Waals surface area contributed by atoms with Gasteiger partial charge in [-0.3, -0.25) is 24.2 Å². The maximum atomic E-state index is 13.5. The number of thiazole rings is 1. The van der Waals surface area contributed by atoms with Gasteiger partial charge in [0.25, 0.3) is 11.8 Å². The summed E-state index contributed by atoms with van der Waals surface area (Å²) in [5.74, 6) is -0.296. The Hall–Kier alpha value is -3.82. The van der Waals surface area contributed by atoms with Crippen LogP contribution in [0.4, 0.5) is 5.69 Å². The molecular weight excluding hydrogens is 534 g/mol. The van der Waals surface area contributed by atoms with Gasteiger partial charge in [-0.25, -0.2) is 4.98 Å². The summed E-state index contributed by atoms with van der Waals surface area (Å²) in [6.45, 7) is 7.37. The van der Waals surface area contributed by atoms with Crippen molar-refractivity contribution in [3.63, 3.8) is 0 Å². The van der Waals surface area contributed by atoms with Gasteiger partial charge in [0.05, 0.1) is 22.9 Å². The smallest absolute Gasteiger partial charge is 0.264 e. The third-order valence-corrected chi connectivity index (χ3v) is 9.41. The molecule has 6 rings (SSSR count). The van der Waals surface area contributed by atoms with Crippen molar-refractivity contribution in [1.82, 2.24) is 19.7 Å². The van der Waals surface area contributed by atoms with Crippen LogP contribution in [0.5, 0.6) is 0 Å². The number of anilines is 1. The highest BCUT2D eigenvalue weighted by Gasteiger charge is 2.42. The van der Waals surface area contributed by atoms with E-state index in [1.54, 1.807) is 12.3 Å². The van der Waals surface area contributed by atoms with Crippen LogP contribution in [0.1, 0.15) is 57.1 Å². The maximum absolute atomic E-state index is 13.5. The molecule has 3 aromatic rings. The summed E-state index contributed by atoms with van der Waals surface area (Å²) in [6, 6.07) is 15.4. The van der Waals surface area contributed by atoms with E-state index in [4.69, 9.17) is 0 Å². The van der Waals surface area contributed by atoms with Gasteiger partial charge in [0, 0.05) is 63.3 Å². The number of hydrogen-bond donors (Lipinski definition) is 0. The van der Waals surface area contributed by atoms with E-state index in [1.807, 2.05) is 47.5 Å². The number of nitrogens with zero attached hydrogens (tertiary/aromatic N) is 5. The molecular formula is C32H35N5O3S. The van der Waals surface area contributed by atoms with Crippen molar-refractivity contribution in [2.24, 2.45) is 5.92 Å². The molecule has 3 aliphatic heterocycles. The highest BCUT2D eigenvalue weighted by atomic mass is 32.1. The zero-order chi connectivity index (χ0) is 28.3. The Kier molecular flexibility index (Phi) is 7.98. The van der Waals surface area contributed by atoms with Crippen molar-refractivity contribution in [2.75, 3.05) is 50.7 Å². The first-order valence-electron chi connectivity index (χ1n) is 14.4. The fourth-order valence-electron chi connectivity index (χ4n) is 6.13. The van der Waals surface area contributed by atoms with Gasteiger partial charge >= 0.3 is 0 Å². The van der Waals surface area contributed by atoms with E-state index in [1.165, 1.54) is 21.8 Å². The quantitative estimate of drug-likeness (QED) is 0.388. The normalized spacial score (nSPS) is 19.3. The minimum atomic E-state index is -0.418. The summed E-state index contributed by atoms with van der Waals surface area (Å²) in [6.07, 6.45) is 7.51. The highest BCUT2D eigenvalue weighted by molar-refractivity contribution is 7.09. The zero-order valence-electron chi connectivity index (χ0n) is 23.3. The Labute approximate surface area is 244 Å². The summed E-state index contributed by atoms with van der Waals surface area (Å²) in [4.78, 5) is 52.4. The first-order valence-corrected chi connectivity index (χ1v) is 15.3. The van der Waals surface area contributed by atoms with E-state index >= 15 is 0 Å². The van der Waals surface area contributed by atoms with Gasteiger partial charge in [-0.15, -0.1) is 11.3 Å². The van der Waals surface area contributed by atoms with Crippen LogP contribution in [-0.4, -0.2) is 83.2 Å². The number of imide groups is 1. The molecule has 2 saturated heterocycles. The number of piperidine rings is 1. The standard InChI is InChI=1S/C32H35N5O3S/c1-23(29-33-14-22-41-29)37-31(39)26-10-5-11-27(28(26)32(37)40)35-16-12-25(13-17-35)30(38)36-20-18-34(19-21-36)15-6-9-24-7-3-2-4-8-24/h2-11,14,22-23,25H,12-13,15-21H2,1H3/b9-6+. The molecule has 3 amide bonds. The van der Waals surface area contributed by atoms with Crippen molar-refractivity contribution in [1.29, 1.82) is 0 Å². The summed E-state index contributed by atoms with van der Waals surface area (Å²) in [5.41, 5.74) is 2.91. The maximum Gasteiger partial charge on any atom is 0.264 e. The van der Waals surface area contributed by atoms with Gasteiger partial charge in [-0.1, -0.05) is 48.6 Å². The number of piperazine rings is 1. The van der Waals surface area contributed by atoms with Crippen molar-refractivity contribution in [3.8, 4) is 0 Å². The van der Waals surface area contributed by atoms with Gasteiger partial charge in [-0.05, 0) is 37.5 Å². The third-order valence-electron chi connectivity index (χ3n) is 8.46. The largest absolute Gasteiger partial charge is 0.371 e. The fourth-order valence-corrected chi connectivity index (χ4v) is 6.82. The van der Waals surface area contributed by atoms with Crippen molar-refractivity contribution < 1.29 is 14.4 Å². The topological polar surface area (TPSA) is 77.1 Å². The van der Waals surface area contributed by atoms with E-state index in [9.17, 15) is 14.4 Å². The molecule has 9 heteroatoms. The molecule has 0 N–H and O–H groups in total. The summed E-state index contributed by atoms with van der Waals surface area (Å²) in [5, 5.41) is 2.59. The molecule has 0 aliphatic carbocycles. The minimum absolute atomic E-state index is 0.00806. The predicted octanol–water partition coefficient (Wildman–Crippen LogP) is 4.57.